The molecule has 1 aromatic rings. The first kappa shape index (κ1) is 15.9. The number of hydrogen-bond donors (Lipinski definition) is 3. The van der Waals surface area contributed by atoms with Crippen LogP contribution in [-0.4, -0.2) is 23.7 Å². The molecule has 0 aliphatic heterocycles. The van der Waals surface area contributed by atoms with Crippen LogP contribution in [0.5, 0.6) is 0 Å². The summed E-state index contributed by atoms with van der Waals surface area (Å²) in [6.45, 7) is 4.82. The zero-order chi connectivity index (χ0) is 15.8. The Hall–Kier alpha value is -1.46. The average Bonchev–Trinajstić information content (AvgIpc) is 2.97. The van der Waals surface area contributed by atoms with E-state index in [9.17, 15) is 9.59 Å². The number of rotatable bonds is 4. The van der Waals surface area contributed by atoms with E-state index in [1.54, 1.807) is 0 Å². The first-order valence-electron chi connectivity index (χ1n) is 6.48. The molecule has 7 heteroatoms. The van der Waals surface area contributed by atoms with Crippen LogP contribution in [0, 0.1) is 11.3 Å². The van der Waals surface area contributed by atoms with Gasteiger partial charge in [0.25, 0.3) is 0 Å². The largest absolute Gasteiger partial charge is 0.478 e. The first-order valence-corrected chi connectivity index (χ1v) is 7.23. The summed E-state index contributed by atoms with van der Waals surface area (Å²) in [6, 6.07) is 2.15. The summed E-state index contributed by atoms with van der Waals surface area (Å²) in [7, 11) is 0. The third-order valence-electron chi connectivity index (χ3n) is 3.75. The van der Waals surface area contributed by atoms with Gasteiger partial charge in [-0.05, 0) is 29.9 Å². The van der Waals surface area contributed by atoms with Gasteiger partial charge in [-0.2, -0.15) is 0 Å². The number of carboxylic acid groups (broad SMARTS) is 1. The van der Waals surface area contributed by atoms with Crippen LogP contribution in [-0.2, 0) is 0 Å². The molecule has 1 fully saturated rings. The highest BCUT2D eigenvalue weighted by atomic mass is 35.5. The molecule has 0 bridgehead atoms. The Morgan fingerprint density at radius 1 is 1.38 bits per heavy atom. The number of carbonyl (C=O) groups is 2. The van der Waals surface area contributed by atoms with Gasteiger partial charge in [0.2, 0.25) is 0 Å². The maximum atomic E-state index is 11.9. The smallest absolute Gasteiger partial charge is 0.337 e. The molecule has 2 rings (SSSR count). The normalized spacial score (nSPS) is 19.0. The zero-order valence-corrected chi connectivity index (χ0v) is 13.2. The molecule has 5 nitrogen and oxygen atoms in total. The minimum atomic E-state index is -1.21. The molecule has 0 heterocycles. The van der Waals surface area contributed by atoms with E-state index in [2.05, 4.69) is 24.5 Å². The van der Waals surface area contributed by atoms with Crippen molar-refractivity contribution < 1.29 is 14.7 Å². The second-order valence-corrected chi connectivity index (χ2v) is 6.68. The average molecular weight is 331 g/mol. The van der Waals surface area contributed by atoms with E-state index in [0.29, 0.717) is 12.5 Å². The second-order valence-electron chi connectivity index (χ2n) is 5.84. The second kappa shape index (κ2) is 5.73. The van der Waals surface area contributed by atoms with Gasteiger partial charge in [-0.3, -0.25) is 0 Å². The Morgan fingerprint density at radius 2 is 2.00 bits per heavy atom. The maximum Gasteiger partial charge on any atom is 0.337 e. The van der Waals surface area contributed by atoms with Crippen LogP contribution in [0.1, 0.15) is 30.6 Å². The quantitative estimate of drug-likeness (QED) is 0.784. The highest BCUT2D eigenvalue weighted by Crippen LogP contribution is 2.50. The van der Waals surface area contributed by atoms with Gasteiger partial charge in [0.1, 0.15) is 0 Å². The van der Waals surface area contributed by atoms with Crippen molar-refractivity contribution in [2.45, 2.75) is 20.3 Å². The standard InChI is InChI=1S/C14H16Cl2N2O3/c1-14(2)5-7(14)6-17-13(21)18-11-9(12(19)20)3-8(15)4-10(11)16/h3-4,7H,5-6H2,1-2H3,(H,19,20)(H2,17,18,21). The van der Waals surface area contributed by atoms with Crippen molar-refractivity contribution in [3.63, 3.8) is 0 Å². The molecular weight excluding hydrogens is 315 g/mol. The molecule has 1 unspecified atom stereocenters. The fraction of sp³-hybridized carbons (Fsp3) is 0.429. The lowest BCUT2D eigenvalue weighted by Gasteiger charge is -2.12. The molecule has 1 atom stereocenters. The molecule has 0 saturated heterocycles. The van der Waals surface area contributed by atoms with Crippen LogP contribution in [0.4, 0.5) is 10.5 Å². The molecule has 0 aromatic heterocycles. The van der Waals surface area contributed by atoms with Gasteiger partial charge in [0.05, 0.1) is 16.3 Å². The number of amides is 2. The van der Waals surface area contributed by atoms with Crippen molar-refractivity contribution in [2.75, 3.05) is 11.9 Å². The lowest BCUT2D eigenvalue weighted by Crippen LogP contribution is -2.31. The number of anilines is 1. The minimum Gasteiger partial charge on any atom is -0.478 e. The van der Waals surface area contributed by atoms with Crippen LogP contribution < -0.4 is 10.6 Å². The zero-order valence-electron chi connectivity index (χ0n) is 11.7. The van der Waals surface area contributed by atoms with Crippen LogP contribution in [0.3, 0.4) is 0 Å². The van der Waals surface area contributed by atoms with Gasteiger partial charge in [0, 0.05) is 11.6 Å². The predicted molar refractivity (Wildman–Crippen MR) is 82.3 cm³/mol. The number of carbonyl (C=O) groups excluding carboxylic acids is 1. The van der Waals surface area contributed by atoms with E-state index in [-0.39, 0.29) is 26.7 Å². The number of carboxylic acids is 1. The molecule has 0 radical (unpaired) electrons. The number of halogens is 2. The molecule has 21 heavy (non-hydrogen) atoms. The molecule has 3 N–H and O–H groups in total. The summed E-state index contributed by atoms with van der Waals surface area (Å²) in [5, 5.41) is 14.6. The van der Waals surface area contributed by atoms with E-state index in [4.69, 9.17) is 28.3 Å². The minimum absolute atomic E-state index is 0.0427. The summed E-state index contributed by atoms with van der Waals surface area (Å²) >= 11 is 11.7. The van der Waals surface area contributed by atoms with Crippen LogP contribution in [0.25, 0.3) is 0 Å². The van der Waals surface area contributed by atoms with E-state index in [0.717, 1.165) is 6.42 Å². The van der Waals surface area contributed by atoms with Crippen molar-refractivity contribution in [3.8, 4) is 0 Å². The molecular formula is C14H16Cl2N2O3. The summed E-state index contributed by atoms with van der Waals surface area (Å²) in [4.78, 5) is 23.0. The number of aromatic carboxylic acids is 1. The van der Waals surface area contributed by atoms with Gasteiger partial charge in [0.15, 0.2) is 0 Å². The van der Waals surface area contributed by atoms with E-state index in [1.165, 1.54) is 12.1 Å². The van der Waals surface area contributed by atoms with Gasteiger partial charge >= 0.3 is 12.0 Å². The van der Waals surface area contributed by atoms with Crippen LogP contribution in [0.2, 0.25) is 10.0 Å². The van der Waals surface area contributed by atoms with Gasteiger partial charge in [-0.15, -0.1) is 0 Å². The van der Waals surface area contributed by atoms with Crippen molar-refractivity contribution >= 4 is 40.9 Å². The SMILES string of the molecule is CC1(C)CC1CNC(=O)Nc1c(Cl)cc(Cl)cc1C(=O)O. The lowest BCUT2D eigenvalue weighted by molar-refractivity contribution is 0.0698. The number of benzene rings is 1. The molecule has 1 saturated carbocycles. The van der Waals surface area contributed by atoms with Crippen molar-refractivity contribution in [2.24, 2.45) is 11.3 Å². The summed E-state index contributed by atoms with van der Waals surface area (Å²) < 4.78 is 0. The molecule has 0 spiro atoms. The Balaban J connectivity index is 2.05. The number of urea groups is 1. The summed E-state index contributed by atoms with van der Waals surface area (Å²) in [5.74, 6) is -0.763. The number of nitrogens with one attached hydrogen (secondary N) is 2. The molecule has 2 amide bonds. The molecule has 1 aliphatic rings. The van der Waals surface area contributed by atoms with Gasteiger partial charge < -0.3 is 15.7 Å². The topological polar surface area (TPSA) is 78.4 Å². The fourth-order valence-electron chi connectivity index (χ4n) is 2.17. The van der Waals surface area contributed by atoms with Crippen molar-refractivity contribution in [1.29, 1.82) is 0 Å². The van der Waals surface area contributed by atoms with E-state index in [1.807, 2.05) is 0 Å². The molecule has 1 aliphatic carbocycles. The lowest BCUT2D eigenvalue weighted by atomic mass is 10.1. The number of hydrogen-bond acceptors (Lipinski definition) is 2. The van der Waals surface area contributed by atoms with Gasteiger partial charge in [-0.1, -0.05) is 37.0 Å². The predicted octanol–water partition coefficient (Wildman–Crippen LogP) is 3.86. The third-order valence-corrected chi connectivity index (χ3v) is 4.27. The third kappa shape index (κ3) is 3.80. The Kier molecular flexibility index (Phi) is 4.35. The highest BCUT2D eigenvalue weighted by molar-refractivity contribution is 6.37. The van der Waals surface area contributed by atoms with Gasteiger partial charge in [-0.25, -0.2) is 9.59 Å². The Morgan fingerprint density at radius 3 is 2.52 bits per heavy atom. The van der Waals surface area contributed by atoms with Crippen molar-refractivity contribution in [1.82, 2.24) is 5.32 Å². The maximum absolute atomic E-state index is 11.9. The van der Waals surface area contributed by atoms with Crippen molar-refractivity contribution in [3.05, 3.63) is 27.7 Å². The summed E-state index contributed by atoms with van der Waals surface area (Å²) in [5.41, 5.74) is 0.160. The van der Waals surface area contributed by atoms with Crippen LogP contribution in [0.15, 0.2) is 12.1 Å². The monoisotopic (exact) mass is 330 g/mol. The van der Waals surface area contributed by atoms with E-state index >= 15 is 0 Å². The fourth-order valence-corrected chi connectivity index (χ4v) is 2.71. The van der Waals surface area contributed by atoms with Crippen LogP contribution >= 0.6 is 23.2 Å². The summed E-state index contributed by atoms with van der Waals surface area (Å²) in [6.07, 6.45) is 1.06. The Labute approximate surface area is 132 Å². The Bertz CT molecular complexity index is 602. The first-order chi connectivity index (χ1) is 9.70. The molecule has 1 aromatic carbocycles. The van der Waals surface area contributed by atoms with E-state index < -0.39 is 12.0 Å². The molecule has 114 valence electrons. The highest BCUT2D eigenvalue weighted by Gasteiger charge is 2.45.